The maximum Gasteiger partial charge on any atom is 0.0456 e. The summed E-state index contributed by atoms with van der Waals surface area (Å²) in [6.45, 7) is 2.14. The number of likely N-dealkylation sites (N-methyl/N-ethyl adjacent to an activating group) is 1. The van der Waals surface area contributed by atoms with E-state index in [1.165, 1.54) is 10.4 Å². The van der Waals surface area contributed by atoms with E-state index in [-0.39, 0.29) is 24.8 Å². The van der Waals surface area contributed by atoms with Crippen molar-refractivity contribution in [3.63, 3.8) is 0 Å². The fraction of sp³-hybridized carbons (Fsp3) is 0.286. The predicted molar refractivity (Wildman–Crippen MR) is 94.9 cm³/mol. The van der Waals surface area contributed by atoms with Crippen LogP contribution < -0.4 is 11.1 Å². The number of halogens is 3. The molecule has 0 amide bonds. The lowest BCUT2D eigenvalue weighted by Gasteiger charge is -2.17. The Bertz CT molecular complexity index is 543. The van der Waals surface area contributed by atoms with Crippen molar-refractivity contribution in [1.29, 1.82) is 0 Å². The molecule has 2 aromatic rings. The van der Waals surface area contributed by atoms with Crippen molar-refractivity contribution < 1.29 is 0 Å². The minimum atomic E-state index is 0. The summed E-state index contributed by atoms with van der Waals surface area (Å²) >= 11 is 7.70. The van der Waals surface area contributed by atoms with Crippen LogP contribution in [0.2, 0.25) is 5.02 Å². The molecule has 2 nitrogen and oxygen atoms in total. The Morgan fingerprint density at radius 2 is 2.00 bits per heavy atom. The van der Waals surface area contributed by atoms with Crippen molar-refractivity contribution in [2.24, 2.45) is 0 Å². The third-order valence-corrected chi connectivity index (χ3v) is 4.47. The Balaban J connectivity index is 0.00000180. The molecule has 1 unspecified atom stereocenters. The molecule has 0 saturated carbocycles. The lowest BCUT2D eigenvalue weighted by molar-refractivity contribution is 0.600. The highest BCUT2D eigenvalue weighted by Gasteiger charge is 2.15. The van der Waals surface area contributed by atoms with Crippen LogP contribution in [0.3, 0.4) is 0 Å². The van der Waals surface area contributed by atoms with Crippen LogP contribution in [-0.2, 0) is 6.42 Å². The van der Waals surface area contributed by atoms with Gasteiger partial charge >= 0.3 is 0 Å². The Morgan fingerprint density at radius 3 is 2.50 bits per heavy atom. The van der Waals surface area contributed by atoms with Gasteiger partial charge in [0.15, 0.2) is 0 Å². The van der Waals surface area contributed by atoms with Gasteiger partial charge in [0.05, 0.1) is 0 Å². The van der Waals surface area contributed by atoms with Crippen LogP contribution in [0.25, 0.3) is 0 Å². The number of benzene rings is 1. The van der Waals surface area contributed by atoms with E-state index in [2.05, 4.69) is 23.7 Å². The average Bonchev–Trinajstić information content (AvgIpc) is 2.75. The molecule has 1 heterocycles. The molecule has 0 saturated heterocycles. The summed E-state index contributed by atoms with van der Waals surface area (Å²) in [5.41, 5.74) is 9.22. The summed E-state index contributed by atoms with van der Waals surface area (Å²) in [5.74, 6) is 0. The number of thiophene rings is 1. The lowest BCUT2D eigenvalue weighted by Crippen LogP contribution is -2.19. The highest BCUT2D eigenvalue weighted by Crippen LogP contribution is 2.29. The van der Waals surface area contributed by atoms with Gasteiger partial charge in [0, 0.05) is 21.6 Å². The molecule has 2 rings (SSSR count). The molecule has 1 atom stereocenters. The summed E-state index contributed by atoms with van der Waals surface area (Å²) in [6, 6.07) is 8.15. The normalized spacial score (nSPS) is 11.3. The Morgan fingerprint density at radius 1 is 1.30 bits per heavy atom. The summed E-state index contributed by atoms with van der Waals surface area (Å²) in [4.78, 5) is 1.37. The van der Waals surface area contributed by atoms with Crippen molar-refractivity contribution in [3.8, 4) is 0 Å². The summed E-state index contributed by atoms with van der Waals surface area (Å²) in [7, 11) is 1.98. The SMILES string of the molecule is CNC(Cc1ccc(Cl)cc1N)c1sccc1C.Cl.Cl. The van der Waals surface area contributed by atoms with Crippen molar-refractivity contribution in [3.05, 3.63) is 50.7 Å². The fourth-order valence-corrected chi connectivity index (χ4v) is 3.26. The monoisotopic (exact) mass is 352 g/mol. The van der Waals surface area contributed by atoms with Crippen LogP contribution >= 0.6 is 47.8 Å². The van der Waals surface area contributed by atoms with E-state index >= 15 is 0 Å². The zero-order valence-corrected chi connectivity index (χ0v) is 14.6. The van der Waals surface area contributed by atoms with Gasteiger partial charge in [-0.25, -0.2) is 0 Å². The topological polar surface area (TPSA) is 38.0 Å². The maximum atomic E-state index is 6.01. The zero-order valence-electron chi connectivity index (χ0n) is 11.4. The highest BCUT2D eigenvalue weighted by atomic mass is 35.5. The fourth-order valence-electron chi connectivity index (χ4n) is 2.04. The standard InChI is InChI=1S/C14H17ClN2S.2ClH/c1-9-5-6-18-14(9)13(17-2)7-10-3-4-11(15)8-12(10)16;;/h3-6,8,13,17H,7,16H2,1-2H3;2*1H. The van der Waals surface area contributed by atoms with Crippen molar-refractivity contribution >= 4 is 53.4 Å². The van der Waals surface area contributed by atoms with Crippen LogP contribution in [-0.4, -0.2) is 7.05 Å². The first-order chi connectivity index (χ1) is 8.61. The molecule has 0 aliphatic heterocycles. The molecule has 20 heavy (non-hydrogen) atoms. The van der Waals surface area contributed by atoms with Crippen molar-refractivity contribution in [2.75, 3.05) is 12.8 Å². The first-order valence-electron chi connectivity index (χ1n) is 5.87. The molecule has 0 aliphatic carbocycles. The van der Waals surface area contributed by atoms with Crippen LogP contribution in [0.5, 0.6) is 0 Å². The van der Waals surface area contributed by atoms with E-state index in [4.69, 9.17) is 17.3 Å². The average molecular weight is 354 g/mol. The molecule has 112 valence electrons. The van der Waals surface area contributed by atoms with Crippen molar-refractivity contribution in [2.45, 2.75) is 19.4 Å². The molecule has 0 fully saturated rings. The third kappa shape index (κ3) is 4.54. The van der Waals surface area contributed by atoms with Crippen LogP contribution in [0.15, 0.2) is 29.6 Å². The van der Waals surface area contributed by atoms with Gasteiger partial charge in [-0.1, -0.05) is 17.7 Å². The minimum Gasteiger partial charge on any atom is -0.398 e. The Hall–Kier alpha value is -0.450. The second-order valence-electron chi connectivity index (χ2n) is 4.36. The van der Waals surface area contributed by atoms with Gasteiger partial charge < -0.3 is 11.1 Å². The Kier molecular flexibility index (Phi) is 8.56. The largest absolute Gasteiger partial charge is 0.398 e. The molecule has 3 N–H and O–H groups in total. The summed E-state index contributed by atoms with van der Waals surface area (Å²) in [6.07, 6.45) is 0.876. The molecule has 1 aromatic heterocycles. The van der Waals surface area contributed by atoms with Gasteiger partial charge in [0.2, 0.25) is 0 Å². The van der Waals surface area contributed by atoms with Gasteiger partial charge in [0.25, 0.3) is 0 Å². The number of rotatable bonds is 4. The highest BCUT2D eigenvalue weighted by molar-refractivity contribution is 7.10. The minimum absolute atomic E-state index is 0. The van der Waals surface area contributed by atoms with Gasteiger partial charge in [0.1, 0.15) is 0 Å². The second kappa shape index (κ2) is 8.75. The first-order valence-corrected chi connectivity index (χ1v) is 7.12. The molecule has 0 radical (unpaired) electrons. The molecule has 0 bridgehead atoms. The number of nitrogens with two attached hydrogens (primary N) is 1. The number of anilines is 1. The number of nitrogen functional groups attached to an aromatic ring is 1. The smallest absolute Gasteiger partial charge is 0.0456 e. The predicted octanol–water partition coefficient (Wildman–Crippen LogP) is 4.64. The van der Waals surface area contributed by atoms with E-state index < -0.39 is 0 Å². The molecule has 0 spiro atoms. The Labute approximate surface area is 141 Å². The molecule has 0 aliphatic rings. The van der Waals surface area contributed by atoms with E-state index in [1.54, 1.807) is 11.3 Å². The van der Waals surface area contributed by atoms with Crippen LogP contribution in [0.4, 0.5) is 5.69 Å². The third-order valence-electron chi connectivity index (χ3n) is 3.10. The van der Waals surface area contributed by atoms with Gasteiger partial charge in [-0.2, -0.15) is 0 Å². The molecule has 6 heteroatoms. The van der Waals surface area contributed by atoms with E-state index in [0.29, 0.717) is 11.1 Å². The van der Waals surface area contributed by atoms with Crippen molar-refractivity contribution in [1.82, 2.24) is 5.32 Å². The number of hydrogen-bond donors (Lipinski definition) is 2. The van der Waals surface area contributed by atoms with E-state index in [1.807, 2.05) is 25.2 Å². The summed E-state index contributed by atoms with van der Waals surface area (Å²) < 4.78 is 0. The molecular formula is C14H19Cl3N2S. The molecular weight excluding hydrogens is 335 g/mol. The van der Waals surface area contributed by atoms with Crippen LogP contribution in [0.1, 0.15) is 22.0 Å². The maximum absolute atomic E-state index is 6.01. The summed E-state index contributed by atoms with van der Waals surface area (Å²) in [5, 5.41) is 6.17. The number of nitrogens with one attached hydrogen (secondary N) is 1. The number of hydrogen-bond acceptors (Lipinski definition) is 3. The molecule has 1 aromatic carbocycles. The number of aryl methyl sites for hydroxylation is 1. The lowest BCUT2D eigenvalue weighted by atomic mass is 10.0. The quantitative estimate of drug-likeness (QED) is 0.786. The van der Waals surface area contributed by atoms with E-state index in [9.17, 15) is 0 Å². The first kappa shape index (κ1) is 19.6. The second-order valence-corrected chi connectivity index (χ2v) is 5.74. The zero-order chi connectivity index (χ0) is 13.1. The van der Waals surface area contributed by atoms with Gasteiger partial charge in [-0.3, -0.25) is 0 Å². The van der Waals surface area contributed by atoms with E-state index in [0.717, 1.165) is 17.7 Å². The van der Waals surface area contributed by atoms with Crippen LogP contribution in [0, 0.1) is 6.92 Å². The van der Waals surface area contributed by atoms with Gasteiger partial charge in [-0.15, -0.1) is 36.2 Å². The van der Waals surface area contributed by atoms with Gasteiger partial charge in [-0.05, 0) is 55.1 Å².